The Labute approximate surface area is 143 Å². The van der Waals surface area contributed by atoms with E-state index in [4.69, 9.17) is 16.3 Å². The average Bonchev–Trinajstić information content (AvgIpc) is 2.55. The quantitative estimate of drug-likeness (QED) is 0.644. The fourth-order valence-electron chi connectivity index (χ4n) is 2.45. The zero-order valence-corrected chi connectivity index (χ0v) is 14.9. The van der Waals surface area contributed by atoms with Gasteiger partial charge in [0, 0.05) is 24.5 Å². The second kappa shape index (κ2) is 10.3. The molecule has 0 fully saturated rings. The zero-order chi connectivity index (χ0) is 17.2. The van der Waals surface area contributed by atoms with Crippen molar-refractivity contribution in [1.29, 1.82) is 0 Å². The van der Waals surface area contributed by atoms with Gasteiger partial charge in [0.25, 0.3) is 0 Å². The molecule has 1 atom stereocenters. The maximum atomic E-state index is 12.4. The van der Waals surface area contributed by atoms with Gasteiger partial charge in [-0.05, 0) is 37.0 Å². The van der Waals surface area contributed by atoms with Gasteiger partial charge in [0.2, 0.25) is 5.91 Å². The van der Waals surface area contributed by atoms with E-state index in [0.29, 0.717) is 19.5 Å². The minimum Gasteiger partial charge on any atom is -0.469 e. The first-order valence-corrected chi connectivity index (χ1v) is 8.45. The normalized spacial score (nSPS) is 11.8. The van der Waals surface area contributed by atoms with Crippen molar-refractivity contribution in [3.63, 3.8) is 0 Å². The molecular formula is C18H26ClNO3. The molecule has 5 heteroatoms. The van der Waals surface area contributed by atoms with Crippen LogP contribution in [0.25, 0.3) is 0 Å². The van der Waals surface area contributed by atoms with Crippen LogP contribution in [-0.4, -0.2) is 37.0 Å². The minimum absolute atomic E-state index is 0.0940. The van der Waals surface area contributed by atoms with Gasteiger partial charge in [-0.25, -0.2) is 0 Å². The topological polar surface area (TPSA) is 46.6 Å². The lowest BCUT2D eigenvalue weighted by atomic mass is 10.1. The highest BCUT2D eigenvalue weighted by molar-refractivity contribution is 6.30. The number of ether oxygens (including phenoxy) is 1. The molecule has 1 rings (SSSR count). The molecule has 0 heterocycles. The molecule has 128 valence electrons. The summed E-state index contributed by atoms with van der Waals surface area (Å²) in [4.78, 5) is 25.7. The van der Waals surface area contributed by atoms with Crippen LogP contribution in [0.2, 0.25) is 5.02 Å². The van der Waals surface area contributed by atoms with Gasteiger partial charge >= 0.3 is 5.97 Å². The van der Waals surface area contributed by atoms with Crippen molar-refractivity contribution >= 4 is 23.5 Å². The number of hydrogen-bond donors (Lipinski definition) is 0. The summed E-state index contributed by atoms with van der Waals surface area (Å²) in [6.07, 6.45) is 2.98. The standard InChI is InChI=1S/C18H26ClNO3/c1-4-12-20(13-14(2)18(22)23-3)17(21)7-5-6-15-8-10-16(19)11-9-15/h8-11,14H,4-7,12-13H2,1-3H3. The van der Waals surface area contributed by atoms with Gasteiger partial charge in [0.1, 0.15) is 0 Å². The fourth-order valence-corrected chi connectivity index (χ4v) is 2.57. The highest BCUT2D eigenvalue weighted by Gasteiger charge is 2.20. The lowest BCUT2D eigenvalue weighted by molar-refractivity contribution is -0.146. The molecule has 0 N–H and O–H groups in total. The van der Waals surface area contributed by atoms with Gasteiger partial charge < -0.3 is 9.64 Å². The van der Waals surface area contributed by atoms with E-state index in [1.54, 1.807) is 11.8 Å². The van der Waals surface area contributed by atoms with Crippen LogP contribution in [0.3, 0.4) is 0 Å². The summed E-state index contributed by atoms with van der Waals surface area (Å²) in [5, 5.41) is 0.718. The van der Waals surface area contributed by atoms with E-state index >= 15 is 0 Å². The van der Waals surface area contributed by atoms with E-state index in [9.17, 15) is 9.59 Å². The van der Waals surface area contributed by atoms with Gasteiger partial charge in [0.05, 0.1) is 13.0 Å². The molecule has 0 aliphatic heterocycles. The van der Waals surface area contributed by atoms with Crippen LogP contribution in [0.15, 0.2) is 24.3 Å². The maximum Gasteiger partial charge on any atom is 0.310 e. The third kappa shape index (κ3) is 7.04. The first-order chi connectivity index (χ1) is 11.0. The lowest BCUT2D eigenvalue weighted by Gasteiger charge is -2.24. The Bertz CT molecular complexity index is 501. The molecule has 1 amide bonds. The van der Waals surface area contributed by atoms with Crippen molar-refractivity contribution in [2.75, 3.05) is 20.2 Å². The van der Waals surface area contributed by atoms with Crippen LogP contribution in [0.4, 0.5) is 0 Å². The molecule has 0 saturated carbocycles. The molecule has 0 radical (unpaired) electrons. The van der Waals surface area contributed by atoms with E-state index in [0.717, 1.165) is 24.3 Å². The summed E-state index contributed by atoms with van der Waals surface area (Å²) in [5.41, 5.74) is 1.17. The second-order valence-electron chi connectivity index (χ2n) is 5.74. The molecular weight excluding hydrogens is 314 g/mol. The minimum atomic E-state index is -0.299. The molecule has 0 saturated heterocycles. The first-order valence-electron chi connectivity index (χ1n) is 8.08. The molecule has 0 spiro atoms. The van der Waals surface area contributed by atoms with Crippen LogP contribution >= 0.6 is 11.6 Å². The van der Waals surface area contributed by atoms with Crippen molar-refractivity contribution in [1.82, 2.24) is 4.90 Å². The smallest absolute Gasteiger partial charge is 0.310 e. The number of nitrogens with zero attached hydrogens (tertiary/aromatic N) is 1. The van der Waals surface area contributed by atoms with Gasteiger partial charge in [0.15, 0.2) is 0 Å². The predicted molar refractivity (Wildman–Crippen MR) is 92.4 cm³/mol. The summed E-state index contributed by atoms with van der Waals surface area (Å²) in [6, 6.07) is 7.69. The van der Waals surface area contributed by atoms with Gasteiger partial charge in [-0.2, -0.15) is 0 Å². The van der Waals surface area contributed by atoms with E-state index in [1.165, 1.54) is 12.7 Å². The third-order valence-electron chi connectivity index (χ3n) is 3.71. The molecule has 1 aromatic carbocycles. The van der Waals surface area contributed by atoms with Gasteiger partial charge in [-0.15, -0.1) is 0 Å². The zero-order valence-electron chi connectivity index (χ0n) is 14.2. The highest BCUT2D eigenvalue weighted by atomic mass is 35.5. The molecule has 0 aliphatic rings. The second-order valence-corrected chi connectivity index (χ2v) is 6.18. The number of aryl methyl sites for hydroxylation is 1. The molecule has 23 heavy (non-hydrogen) atoms. The fraction of sp³-hybridized carbons (Fsp3) is 0.556. The number of carbonyl (C=O) groups is 2. The first kappa shape index (κ1) is 19.5. The third-order valence-corrected chi connectivity index (χ3v) is 3.97. The Morgan fingerprint density at radius 1 is 1.26 bits per heavy atom. The Morgan fingerprint density at radius 3 is 2.48 bits per heavy atom. The highest BCUT2D eigenvalue weighted by Crippen LogP contribution is 2.13. The van der Waals surface area contributed by atoms with E-state index in [1.807, 2.05) is 31.2 Å². The molecule has 1 aromatic rings. The van der Waals surface area contributed by atoms with E-state index in [-0.39, 0.29) is 17.8 Å². The van der Waals surface area contributed by atoms with Crippen molar-refractivity contribution in [3.8, 4) is 0 Å². The number of rotatable bonds is 9. The van der Waals surface area contributed by atoms with Crippen LogP contribution in [-0.2, 0) is 20.7 Å². The summed E-state index contributed by atoms with van der Waals surface area (Å²) in [5.74, 6) is -0.483. The lowest BCUT2D eigenvalue weighted by Crippen LogP contribution is -2.37. The average molecular weight is 340 g/mol. The number of methoxy groups -OCH3 is 1. The monoisotopic (exact) mass is 339 g/mol. The van der Waals surface area contributed by atoms with E-state index < -0.39 is 0 Å². The molecule has 0 aliphatic carbocycles. The van der Waals surface area contributed by atoms with E-state index in [2.05, 4.69) is 0 Å². The number of benzene rings is 1. The molecule has 1 unspecified atom stereocenters. The number of halogens is 1. The summed E-state index contributed by atoms with van der Waals surface area (Å²) >= 11 is 5.86. The Morgan fingerprint density at radius 2 is 1.91 bits per heavy atom. The Kier molecular flexibility index (Phi) is 8.70. The summed E-state index contributed by atoms with van der Waals surface area (Å²) < 4.78 is 4.73. The SMILES string of the molecule is CCCN(CC(C)C(=O)OC)C(=O)CCCc1ccc(Cl)cc1. The summed E-state index contributed by atoms with van der Waals surface area (Å²) in [6.45, 7) is 4.90. The van der Waals surface area contributed by atoms with Crippen molar-refractivity contribution < 1.29 is 14.3 Å². The number of carbonyl (C=O) groups excluding carboxylic acids is 2. The molecule has 4 nitrogen and oxygen atoms in total. The molecule has 0 aromatic heterocycles. The predicted octanol–water partition coefficient (Wildman–Crippen LogP) is 3.71. The Hall–Kier alpha value is -1.55. The van der Waals surface area contributed by atoms with Crippen LogP contribution in [0.1, 0.15) is 38.7 Å². The Balaban J connectivity index is 2.47. The van der Waals surface area contributed by atoms with Gasteiger partial charge in [-0.3, -0.25) is 9.59 Å². The van der Waals surface area contributed by atoms with Crippen LogP contribution in [0.5, 0.6) is 0 Å². The van der Waals surface area contributed by atoms with Crippen LogP contribution < -0.4 is 0 Å². The number of amides is 1. The number of hydrogen-bond acceptors (Lipinski definition) is 3. The number of esters is 1. The molecule has 0 bridgehead atoms. The van der Waals surface area contributed by atoms with Crippen molar-refractivity contribution in [3.05, 3.63) is 34.9 Å². The van der Waals surface area contributed by atoms with Gasteiger partial charge in [-0.1, -0.05) is 37.6 Å². The van der Waals surface area contributed by atoms with Crippen LogP contribution in [0, 0.1) is 5.92 Å². The summed E-state index contributed by atoms with van der Waals surface area (Å²) in [7, 11) is 1.37. The van der Waals surface area contributed by atoms with Crippen molar-refractivity contribution in [2.24, 2.45) is 5.92 Å². The van der Waals surface area contributed by atoms with Crippen molar-refractivity contribution in [2.45, 2.75) is 39.5 Å². The largest absolute Gasteiger partial charge is 0.469 e. The maximum absolute atomic E-state index is 12.4.